The van der Waals surface area contributed by atoms with Crippen LogP contribution in [0.1, 0.15) is 29.5 Å². The highest BCUT2D eigenvalue weighted by molar-refractivity contribution is 7.89. The van der Waals surface area contributed by atoms with Gasteiger partial charge in [-0.1, -0.05) is 23.8 Å². The number of ether oxygens (including phenoxy) is 1. The number of rotatable bonds is 7. The highest BCUT2D eigenvalue weighted by Crippen LogP contribution is 2.27. The summed E-state index contributed by atoms with van der Waals surface area (Å²) in [6.07, 6.45) is -2.49. The second-order valence-corrected chi connectivity index (χ2v) is 9.94. The number of piperidine rings is 1. The van der Waals surface area contributed by atoms with Crippen LogP contribution in [-0.2, 0) is 21.4 Å². The Morgan fingerprint density at radius 3 is 2.55 bits per heavy atom. The summed E-state index contributed by atoms with van der Waals surface area (Å²) in [6.45, 7) is 2.55. The van der Waals surface area contributed by atoms with Crippen LogP contribution in [0.5, 0.6) is 5.88 Å². The summed E-state index contributed by atoms with van der Waals surface area (Å²) in [4.78, 5) is 16.7. The minimum absolute atomic E-state index is 0.0407. The third-order valence-corrected chi connectivity index (χ3v) is 7.51. The molecule has 33 heavy (non-hydrogen) atoms. The third kappa shape index (κ3) is 6.44. The molecule has 1 aromatic heterocycles. The summed E-state index contributed by atoms with van der Waals surface area (Å²) in [5, 5.41) is 2.70. The van der Waals surface area contributed by atoms with E-state index in [0.29, 0.717) is 24.0 Å². The molecule has 0 aliphatic carbocycles. The van der Waals surface area contributed by atoms with Crippen molar-refractivity contribution in [3.63, 3.8) is 0 Å². The normalized spacial score (nSPS) is 15.9. The van der Waals surface area contributed by atoms with Crippen LogP contribution in [0, 0.1) is 19.8 Å². The molecule has 11 heteroatoms. The number of carbonyl (C=O) groups is 1. The zero-order chi connectivity index (χ0) is 24.2. The van der Waals surface area contributed by atoms with Gasteiger partial charge < -0.3 is 10.1 Å². The maximum absolute atomic E-state index is 13.0. The lowest BCUT2D eigenvalue weighted by Gasteiger charge is -2.31. The Kier molecular flexibility index (Phi) is 7.63. The SMILES string of the molecule is Cc1ccc(S(=O)(=O)N2CCC(C(=O)NCc3cccnc3OCC(F)(F)F)CC2)c(C)c1. The van der Waals surface area contributed by atoms with Gasteiger partial charge >= 0.3 is 6.18 Å². The van der Waals surface area contributed by atoms with E-state index >= 15 is 0 Å². The first kappa shape index (κ1) is 25.0. The van der Waals surface area contributed by atoms with Gasteiger partial charge in [-0.3, -0.25) is 4.79 Å². The molecule has 1 aromatic carbocycles. The number of nitrogens with zero attached hydrogens (tertiary/aromatic N) is 2. The maximum atomic E-state index is 13.0. The Bertz CT molecular complexity index is 1100. The number of nitrogens with one attached hydrogen (secondary N) is 1. The number of hydrogen-bond donors (Lipinski definition) is 1. The average Bonchev–Trinajstić information content (AvgIpc) is 2.76. The summed E-state index contributed by atoms with van der Waals surface area (Å²) in [7, 11) is -3.65. The minimum Gasteiger partial charge on any atom is -0.468 e. The molecule has 3 rings (SSSR count). The highest BCUT2D eigenvalue weighted by Gasteiger charge is 2.33. The first-order chi connectivity index (χ1) is 15.5. The molecule has 0 saturated carbocycles. The summed E-state index contributed by atoms with van der Waals surface area (Å²) >= 11 is 0. The van der Waals surface area contributed by atoms with E-state index in [0.717, 1.165) is 5.56 Å². The number of amides is 1. The number of carbonyl (C=O) groups excluding carboxylic acids is 1. The first-order valence-electron chi connectivity index (χ1n) is 10.5. The average molecular weight is 486 g/mol. The molecule has 1 fully saturated rings. The first-order valence-corrected chi connectivity index (χ1v) is 11.9. The molecular weight excluding hydrogens is 459 g/mol. The van der Waals surface area contributed by atoms with Gasteiger partial charge in [0.1, 0.15) is 0 Å². The number of benzene rings is 1. The zero-order valence-electron chi connectivity index (χ0n) is 18.4. The summed E-state index contributed by atoms with van der Waals surface area (Å²) in [6, 6.07) is 8.24. The quantitative estimate of drug-likeness (QED) is 0.650. The second kappa shape index (κ2) is 10.1. The van der Waals surface area contributed by atoms with Crippen molar-refractivity contribution in [1.29, 1.82) is 0 Å². The van der Waals surface area contributed by atoms with Crippen LogP contribution >= 0.6 is 0 Å². The van der Waals surface area contributed by atoms with Gasteiger partial charge in [0.2, 0.25) is 21.8 Å². The predicted octanol–water partition coefficient (Wildman–Crippen LogP) is 3.36. The summed E-state index contributed by atoms with van der Waals surface area (Å²) in [5.41, 5.74) is 1.97. The smallest absolute Gasteiger partial charge is 0.422 e. The summed E-state index contributed by atoms with van der Waals surface area (Å²) < 4.78 is 69.4. The van der Waals surface area contributed by atoms with Gasteiger partial charge in [-0.2, -0.15) is 17.5 Å². The number of halogens is 3. The topological polar surface area (TPSA) is 88.6 Å². The molecule has 0 radical (unpaired) electrons. The molecule has 1 N–H and O–H groups in total. The van der Waals surface area contributed by atoms with Crippen molar-refractivity contribution in [2.24, 2.45) is 5.92 Å². The number of sulfonamides is 1. The molecule has 1 aliphatic heterocycles. The minimum atomic E-state index is -4.50. The fourth-order valence-electron chi connectivity index (χ4n) is 3.75. The molecule has 0 unspecified atom stereocenters. The van der Waals surface area contributed by atoms with Gasteiger partial charge in [0, 0.05) is 37.3 Å². The number of aromatic nitrogens is 1. The number of pyridine rings is 1. The Labute approximate surface area is 191 Å². The van der Waals surface area contributed by atoms with E-state index in [4.69, 9.17) is 4.74 Å². The maximum Gasteiger partial charge on any atom is 0.422 e. The van der Waals surface area contributed by atoms with Crippen LogP contribution in [0.25, 0.3) is 0 Å². The molecule has 1 saturated heterocycles. The van der Waals surface area contributed by atoms with E-state index in [1.807, 2.05) is 13.0 Å². The van der Waals surface area contributed by atoms with E-state index in [1.165, 1.54) is 16.6 Å². The Morgan fingerprint density at radius 2 is 1.91 bits per heavy atom. The van der Waals surface area contributed by atoms with E-state index in [-0.39, 0.29) is 36.3 Å². The van der Waals surface area contributed by atoms with Gasteiger partial charge in [0.05, 0.1) is 4.90 Å². The number of hydrogen-bond acceptors (Lipinski definition) is 5. The highest BCUT2D eigenvalue weighted by atomic mass is 32.2. The summed E-state index contributed by atoms with van der Waals surface area (Å²) in [5.74, 6) is -0.875. The van der Waals surface area contributed by atoms with E-state index in [9.17, 15) is 26.4 Å². The lowest BCUT2D eigenvalue weighted by Crippen LogP contribution is -2.43. The molecule has 0 atom stereocenters. The molecule has 1 amide bonds. The van der Waals surface area contributed by atoms with Crippen molar-refractivity contribution in [3.8, 4) is 5.88 Å². The fourth-order valence-corrected chi connectivity index (χ4v) is 5.43. The monoisotopic (exact) mass is 485 g/mol. The van der Waals surface area contributed by atoms with Crippen LogP contribution in [0.3, 0.4) is 0 Å². The van der Waals surface area contributed by atoms with Gasteiger partial charge in [-0.05, 0) is 44.4 Å². The van der Waals surface area contributed by atoms with Crippen LogP contribution < -0.4 is 10.1 Å². The Morgan fingerprint density at radius 1 is 1.21 bits per heavy atom. The van der Waals surface area contributed by atoms with E-state index in [1.54, 1.807) is 25.1 Å². The molecule has 7 nitrogen and oxygen atoms in total. The van der Waals surface area contributed by atoms with Gasteiger partial charge in [-0.25, -0.2) is 13.4 Å². The van der Waals surface area contributed by atoms with Gasteiger partial charge in [0.25, 0.3) is 0 Å². The lowest BCUT2D eigenvalue weighted by atomic mass is 9.97. The molecule has 0 spiro atoms. The molecule has 180 valence electrons. The van der Waals surface area contributed by atoms with Crippen molar-refractivity contribution in [1.82, 2.24) is 14.6 Å². The molecule has 2 aromatic rings. The van der Waals surface area contributed by atoms with E-state index in [2.05, 4.69) is 10.3 Å². The third-order valence-electron chi connectivity index (χ3n) is 5.45. The molecule has 2 heterocycles. The van der Waals surface area contributed by atoms with Crippen LogP contribution in [-0.4, -0.2) is 49.5 Å². The fraction of sp³-hybridized carbons (Fsp3) is 0.455. The van der Waals surface area contributed by atoms with Crippen LogP contribution in [0.15, 0.2) is 41.4 Å². The van der Waals surface area contributed by atoms with Gasteiger partial charge in [0.15, 0.2) is 6.61 Å². The molecule has 0 bridgehead atoms. The number of alkyl halides is 3. The van der Waals surface area contributed by atoms with Crippen molar-refractivity contribution >= 4 is 15.9 Å². The lowest BCUT2D eigenvalue weighted by molar-refractivity contribution is -0.154. The Hall–Kier alpha value is -2.66. The van der Waals surface area contributed by atoms with Crippen molar-refractivity contribution < 1.29 is 31.1 Å². The predicted molar refractivity (Wildman–Crippen MR) is 115 cm³/mol. The van der Waals surface area contributed by atoms with Crippen molar-refractivity contribution in [2.45, 2.75) is 44.3 Å². The largest absolute Gasteiger partial charge is 0.468 e. The van der Waals surface area contributed by atoms with Crippen LogP contribution in [0.4, 0.5) is 13.2 Å². The van der Waals surface area contributed by atoms with Gasteiger partial charge in [-0.15, -0.1) is 0 Å². The number of aryl methyl sites for hydroxylation is 2. The molecular formula is C22H26F3N3O4S. The second-order valence-electron chi connectivity index (χ2n) is 8.04. The van der Waals surface area contributed by atoms with Crippen molar-refractivity contribution in [3.05, 3.63) is 53.2 Å². The standard InChI is InChI=1S/C22H26F3N3O4S/c1-15-5-6-19(16(2)12-15)33(30,31)28-10-7-17(8-11-28)20(29)27-13-18-4-3-9-26-21(18)32-14-22(23,24)25/h3-6,9,12,17H,7-8,10-11,13-14H2,1-2H3,(H,27,29). The zero-order valence-corrected chi connectivity index (χ0v) is 19.2. The van der Waals surface area contributed by atoms with Crippen LogP contribution in [0.2, 0.25) is 0 Å². The molecule has 1 aliphatic rings. The van der Waals surface area contributed by atoms with Crippen molar-refractivity contribution in [2.75, 3.05) is 19.7 Å². The Balaban J connectivity index is 1.56. The van der Waals surface area contributed by atoms with E-state index < -0.39 is 28.7 Å².